The number of hydrogen-bond donors (Lipinski definition) is 2. The number of amides is 1. The molecule has 114 valence electrons. The third kappa shape index (κ3) is 4.48. The van der Waals surface area contributed by atoms with Crippen LogP contribution < -0.4 is 16.0 Å². The Balaban J connectivity index is 2.32. The molecular weight excluding hydrogens is 391 g/mol. The lowest BCUT2D eigenvalue weighted by molar-refractivity contribution is -0.119. The van der Waals surface area contributed by atoms with E-state index in [2.05, 4.69) is 15.9 Å². The van der Waals surface area contributed by atoms with Crippen molar-refractivity contribution in [3.8, 4) is 5.75 Å². The first kappa shape index (κ1) is 16.8. The summed E-state index contributed by atoms with van der Waals surface area (Å²) >= 11 is 15.1. The van der Waals surface area contributed by atoms with E-state index in [4.69, 9.17) is 33.8 Å². The van der Waals surface area contributed by atoms with Crippen LogP contribution in [0.2, 0.25) is 10.0 Å². The summed E-state index contributed by atoms with van der Waals surface area (Å²) in [5.74, 6) is 5.15. The fraction of sp³-hybridized carbons (Fsp3) is 0. The molecule has 0 aliphatic heterocycles. The average molecular weight is 402 g/mol. The number of nitrogens with two attached hydrogens (primary N) is 1. The number of hydrogen-bond acceptors (Lipinski definition) is 3. The van der Waals surface area contributed by atoms with Crippen molar-refractivity contribution in [2.45, 2.75) is 0 Å². The highest BCUT2D eigenvalue weighted by Crippen LogP contribution is 2.24. The van der Waals surface area contributed by atoms with E-state index in [-0.39, 0.29) is 5.76 Å². The molecule has 7 heteroatoms. The maximum absolute atomic E-state index is 11.8. The largest absolute Gasteiger partial charge is 0.452 e. The van der Waals surface area contributed by atoms with Gasteiger partial charge in [-0.2, -0.15) is 0 Å². The van der Waals surface area contributed by atoms with Crippen molar-refractivity contribution < 1.29 is 9.53 Å². The molecule has 0 unspecified atom stereocenters. The van der Waals surface area contributed by atoms with Crippen LogP contribution in [0.3, 0.4) is 0 Å². The lowest BCUT2D eigenvalue weighted by Crippen LogP contribution is -2.33. The number of benzene rings is 2. The minimum Gasteiger partial charge on any atom is -0.452 e. The Labute approximate surface area is 146 Å². The molecule has 0 aliphatic rings. The fourth-order valence-electron chi connectivity index (χ4n) is 1.60. The molecule has 4 nitrogen and oxygen atoms in total. The Morgan fingerprint density at radius 1 is 1.14 bits per heavy atom. The van der Waals surface area contributed by atoms with E-state index in [9.17, 15) is 4.79 Å². The van der Waals surface area contributed by atoms with Gasteiger partial charge in [-0.05, 0) is 48.0 Å². The lowest BCUT2D eigenvalue weighted by Gasteiger charge is -2.09. The number of hydrazine groups is 1. The van der Waals surface area contributed by atoms with E-state index in [1.54, 1.807) is 42.5 Å². The number of nitrogens with one attached hydrogen (secondary N) is 1. The number of ether oxygens (including phenoxy) is 1. The van der Waals surface area contributed by atoms with Crippen LogP contribution in [0.25, 0.3) is 6.08 Å². The summed E-state index contributed by atoms with van der Waals surface area (Å²) in [6.45, 7) is 0. The molecule has 3 N–H and O–H groups in total. The summed E-state index contributed by atoms with van der Waals surface area (Å²) in [6.07, 6.45) is 1.52. The zero-order chi connectivity index (χ0) is 16.1. The van der Waals surface area contributed by atoms with E-state index < -0.39 is 5.91 Å². The molecule has 2 rings (SSSR count). The van der Waals surface area contributed by atoms with Crippen LogP contribution in [0.15, 0.2) is 52.7 Å². The highest BCUT2D eigenvalue weighted by Gasteiger charge is 2.11. The van der Waals surface area contributed by atoms with Gasteiger partial charge < -0.3 is 4.74 Å². The maximum atomic E-state index is 11.8. The molecule has 0 bridgehead atoms. The van der Waals surface area contributed by atoms with Crippen LogP contribution in [0.1, 0.15) is 5.56 Å². The van der Waals surface area contributed by atoms with E-state index in [0.29, 0.717) is 21.4 Å². The van der Waals surface area contributed by atoms with Gasteiger partial charge in [-0.3, -0.25) is 10.2 Å². The molecule has 0 atom stereocenters. The van der Waals surface area contributed by atoms with Gasteiger partial charge in [-0.25, -0.2) is 5.84 Å². The SMILES string of the molecule is NNC(=O)/C(=C/c1ccc(Cl)c(Cl)c1)Oc1ccc(Br)cc1. The van der Waals surface area contributed by atoms with Gasteiger partial charge in [-0.15, -0.1) is 0 Å². The molecule has 2 aromatic carbocycles. The van der Waals surface area contributed by atoms with Gasteiger partial charge >= 0.3 is 5.91 Å². The second-order valence-corrected chi connectivity index (χ2v) is 5.94. The highest BCUT2D eigenvalue weighted by molar-refractivity contribution is 9.10. The van der Waals surface area contributed by atoms with Gasteiger partial charge in [-0.1, -0.05) is 45.2 Å². The summed E-state index contributed by atoms with van der Waals surface area (Å²) in [4.78, 5) is 11.8. The zero-order valence-electron chi connectivity index (χ0n) is 11.1. The third-order valence-corrected chi connectivity index (χ3v) is 3.91. The summed E-state index contributed by atoms with van der Waals surface area (Å²) in [5, 5.41) is 0.809. The van der Waals surface area contributed by atoms with Crippen LogP contribution >= 0.6 is 39.1 Å². The van der Waals surface area contributed by atoms with Crippen LogP contribution in [0.4, 0.5) is 0 Å². The Hall–Kier alpha value is -1.53. The first-order chi connectivity index (χ1) is 10.5. The average Bonchev–Trinajstić information content (AvgIpc) is 2.51. The second kappa shape index (κ2) is 7.65. The molecular formula is C15H11BrCl2N2O2. The van der Waals surface area contributed by atoms with E-state index in [0.717, 1.165) is 4.47 Å². The minimum absolute atomic E-state index is 0.0308. The quantitative estimate of drug-likeness (QED) is 0.265. The van der Waals surface area contributed by atoms with Crippen molar-refractivity contribution in [2.75, 3.05) is 0 Å². The standard InChI is InChI=1S/C15H11BrCl2N2O2/c16-10-2-4-11(5-3-10)22-14(15(21)20-19)8-9-1-6-12(17)13(18)7-9/h1-8H,19H2,(H,20,21)/b14-8-. The zero-order valence-corrected chi connectivity index (χ0v) is 14.2. The monoisotopic (exact) mass is 400 g/mol. The summed E-state index contributed by atoms with van der Waals surface area (Å²) < 4.78 is 6.47. The first-order valence-electron chi connectivity index (χ1n) is 6.10. The van der Waals surface area contributed by atoms with Crippen molar-refractivity contribution in [3.05, 3.63) is 68.3 Å². The molecule has 0 spiro atoms. The minimum atomic E-state index is -0.561. The van der Waals surface area contributed by atoms with Crippen molar-refractivity contribution in [1.82, 2.24) is 5.43 Å². The van der Waals surface area contributed by atoms with Gasteiger partial charge in [0.25, 0.3) is 0 Å². The van der Waals surface area contributed by atoms with Crippen molar-refractivity contribution in [1.29, 1.82) is 0 Å². The normalized spacial score (nSPS) is 11.2. The highest BCUT2D eigenvalue weighted by atomic mass is 79.9. The summed E-state index contributed by atoms with van der Waals surface area (Å²) in [5.41, 5.74) is 2.70. The van der Waals surface area contributed by atoms with Crippen LogP contribution in [-0.4, -0.2) is 5.91 Å². The lowest BCUT2D eigenvalue weighted by atomic mass is 10.2. The van der Waals surface area contributed by atoms with E-state index in [1.165, 1.54) is 6.08 Å². The third-order valence-electron chi connectivity index (χ3n) is 2.64. The topological polar surface area (TPSA) is 64.3 Å². The molecule has 2 aromatic rings. The molecule has 0 aromatic heterocycles. The molecule has 22 heavy (non-hydrogen) atoms. The van der Waals surface area contributed by atoms with Crippen LogP contribution in [0.5, 0.6) is 5.75 Å². The molecule has 1 amide bonds. The molecule has 0 aliphatic carbocycles. The molecule has 0 radical (unpaired) electrons. The Kier molecular flexibility index (Phi) is 5.85. The smallest absolute Gasteiger partial charge is 0.300 e. The van der Waals surface area contributed by atoms with Crippen LogP contribution in [-0.2, 0) is 4.79 Å². The van der Waals surface area contributed by atoms with Gasteiger partial charge in [0, 0.05) is 4.47 Å². The number of carbonyl (C=O) groups excluding carboxylic acids is 1. The van der Waals surface area contributed by atoms with Crippen molar-refractivity contribution in [3.63, 3.8) is 0 Å². The second-order valence-electron chi connectivity index (χ2n) is 4.21. The maximum Gasteiger partial charge on any atom is 0.300 e. The van der Waals surface area contributed by atoms with E-state index in [1.807, 2.05) is 5.43 Å². The van der Waals surface area contributed by atoms with Crippen molar-refractivity contribution >= 4 is 51.1 Å². The van der Waals surface area contributed by atoms with Crippen molar-refractivity contribution in [2.24, 2.45) is 5.84 Å². The Morgan fingerprint density at radius 2 is 1.82 bits per heavy atom. The summed E-state index contributed by atoms with van der Waals surface area (Å²) in [6, 6.07) is 12.0. The van der Waals surface area contributed by atoms with E-state index >= 15 is 0 Å². The van der Waals surface area contributed by atoms with Gasteiger partial charge in [0.1, 0.15) is 5.75 Å². The number of halogens is 3. The van der Waals surface area contributed by atoms with Crippen LogP contribution in [0, 0.1) is 0 Å². The molecule has 0 saturated carbocycles. The molecule has 0 fully saturated rings. The predicted octanol–water partition coefficient (Wildman–Crippen LogP) is 4.17. The van der Waals surface area contributed by atoms with Gasteiger partial charge in [0.05, 0.1) is 10.0 Å². The predicted molar refractivity (Wildman–Crippen MR) is 91.5 cm³/mol. The first-order valence-corrected chi connectivity index (χ1v) is 7.65. The number of rotatable bonds is 4. The Morgan fingerprint density at radius 3 is 2.41 bits per heavy atom. The number of carbonyl (C=O) groups is 1. The van der Waals surface area contributed by atoms with Gasteiger partial charge in [0.15, 0.2) is 5.76 Å². The van der Waals surface area contributed by atoms with Gasteiger partial charge in [0.2, 0.25) is 0 Å². The Bertz CT molecular complexity index is 718. The molecule has 0 heterocycles. The molecule has 0 saturated heterocycles. The fourth-order valence-corrected chi connectivity index (χ4v) is 2.17. The summed E-state index contributed by atoms with van der Waals surface area (Å²) in [7, 11) is 0.